The van der Waals surface area contributed by atoms with Crippen molar-refractivity contribution in [1.29, 1.82) is 0 Å². The van der Waals surface area contributed by atoms with Gasteiger partial charge in [0.05, 0.1) is 12.5 Å². The maximum absolute atomic E-state index is 12.7. The van der Waals surface area contributed by atoms with Crippen LogP contribution in [0.25, 0.3) is 10.3 Å². The van der Waals surface area contributed by atoms with Gasteiger partial charge in [0.2, 0.25) is 5.91 Å². The molecular weight excluding hydrogens is 372 g/mol. The second-order valence-electron chi connectivity index (χ2n) is 6.90. The topological polar surface area (TPSA) is 67.3 Å². The van der Waals surface area contributed by atoms with Crippen LogP contribution in [0, 0.1) is 5.92 Å². The Bertz CT molecular complexity index is 908. The van der Waals surface area contributed by atoms with Crippen molar-refractivity contribution < 1.29 is 9.53 Å². The third kappa shape index (κ3) is 4.25. The van der Waals surface area contributed by atoms with Gasteiger partial charge in [-0.2, -0.15) is 0 Å². The third-order valence-electron chi connectivity index (χ3n) is 4.92. The number of carbonyl (C=O) groups excluding carboxylic acids is 1. The molecule has 3 aromatic rings. The molecule has 1 N–H and O–H groups in total. The number of nitrogens with one attached hydrogen (secondary N) is 1. The molecule has 6 nitrogen and oxygen atoms in total. The Balaban J connectivity index is 1.35. The Labute approximate surface area is 168 Å². The minimum atomic E-state index is -0.0172. The van der Waals surface area contributed by atoms with Gasteiger partial charge in [-0.05, 0) is 49.6 Å². The molecular formula is C21H24N4O2S. The lowest BCUT2D eigenvalue weighted by Gasteiger charge is -2.31. The second-order valence-corrected chi connectivity index (χ2v) is 7.86. The van der Waals surface area contributed by atoms with Gasteiger partial charge in [-0.15, -0.1) is 0 Å². The van der Waals surface area contributed by atoms with E-state index in [1.165, 1.54) is 0 Å². The molecule has 1 amide bonds. The lowest BCUT2D eigenvalue weighted by Crippen LogP contribution is -2.42. The van der Waals surface area contributed by atoms with Gasteiger partial charge in [0.25, 0.3) is 0 Å². The average Bonchev–Trinajstić information content (AvgIpc) is 3.18. The summed E-state index contributed by atoms with van der Waals surface area (Å²) in [5, 5.41) is 4.04. The van der Waals surface area contributed by atoms with E-state index in [2.05, 4.69) is 20.2 Å². The van der Waals surface area contributed by atoms with Crippen LogP contribution in [-0.4, -0.2) is 35.6 Å². The number of anilines is 1. The van der Waals surface area contributed by atoms with Crippen molar-refractivity contribution in [2.75, 3.05) is 24.6 Å². The standard InChI is InChI=1S/C21H24N4O2S/c1-2-27-17-9-7-15(8-10-17)13-23-19(26)16-5-4-12-25(14-16)21-24-18-6-3-11-22-20(18)28-21/h3,6-11,16H,2,4-5,12-14H2,1H3,(H,23,26)/t16-/m0/s1. The van der Waals surface area contributed by atoms with Crippen molar-refractivity contribution in [2.24, 2.45) is 5.92 Å². The van der Waals surface area contributed by atoms with Crippen molar-refractivity contribution >= 4 is 32.7 Å². The summed E-state index contributed by atoms with van der Waals surface area (Å²) in [6, 6.07) is 11.7. The minimum absolute atomic E-state index is 0.0172. The van der Waals surface area contributed by atoms with Crippen molar-refractivity contribution in [3.8, 4) is 5.75 Å². The minimum Gasteiger partial charge on any atom is -0.494 e. The van der Waals surface area contributed by atoms with E-state index in [-0.39, 0.29) is 11.8 Å². The molecule has 1 aliphatic rings. The number of carbonyl (C=O) groups is 1. The first-order chi connectivity index (χ1) is 13.7. The van der Waals surface area contributed by atoms with Crippen molar-refractivity contribution in [3.05, 3.63) is 48.2 Å². The number of piperidine rings is 1. The SMILES string of the molecule is CCOc1ccc(CNC(=O)[C@H]2CCCN(c3nc4cccnc4s3)C2)cc1. The number of ether oxygens (including phenoxy) is 1. The highest BCUT2D eigenvalue weighted by atomic mass is 32.1. The molecule has 0 unspecified atom stereocenters. The highest BCUT2D eigenvalue weighted by Crippen LogP contribution is 2.30. The molecule has 4 rings (SSSR count). The Morgan fingerprint density at radius 3 is 2.96 bits per heavy atom. The van der Waals surface area contributed by atoms with Crippen LogP contribution in [0.3, 0.4) is 0 Å². The molecule has 2 aromatic heterocycles. The van der Waals surface area contributed by atoms with Gasteiger partial charge in [-0.3, -0.25) is 4.79 Å². The Kier molecular flexibility index (Phi) is 5.71. The normalized spacial score (nSPS) is 16.9. The fraction of sp³-hybridized carbons (Fsp3) is 0.381. The molecule has 0 spiro atoms. The van der Waals surface area contributed by atoms with Crippen molar-refractivity contribution in [2.45, 2.75) is 26.3 Å². The Morgan fingerprint density at radius 2 is 2.18 bits per heavy atom. The number of hydrogen-bond donors (Lipinski definition) is 1. The quantitative estimate of drug-likeness (QED) is 0.689. The summed E-state index contributed by atoms with van der Waals surface area (Å²) in [5.74, 6) is 0.945. The van der Waals surface area contributed by atoms with E-state index in [0.717, 1.165) is 46.2 Å². The molecule has 146 valence electrons. The first-order valence-corrected chi connectivity index (χ1v) is 10.5. The first kappa shape index (κ1) is 18.7. The number of hydrogen-bond acceptors (Lipinski definition) is 6. The lowest BCUT2D eigenvalue weighted by atomic mass is 9.97. The number of pyridine rings is 1. The van der Waals surface area contributed by atoms with E-state index >= 15 is 0 Å². The van der Waals surface area contributed by atoms with E-state index in [9.17, 15) is 4.79 Å². The third-order valence-corrected chi connectivity index (χ3v) is 5.96. The van der Waals surface area contributed by atoms with Crippen molar-refractivity contribution in [1.82, 2.24) is 15.3 Å². The highest BCUT2D eigenvalue weighted by Gasteiger charge is 2.27. The summed E-state index contributed by atoms with van der Waals surface area (Å²) >= 11 is 1.59. The highest BCUT2D eigenvalue weighted by molar-refractivity contribution is 7.21. The van der Waals surface area contributed by atoms with E-state index in [1.807, 2.05) is 43.3 Å². The molecule has 1 aliphatic heterocycles. The summed E-state index contributed by atoms with van der Waals surface area (Å²) in [6.45, 7) is 4.79. The second kappa shape index (κ2) is 8.56. The predicted molar refractivity (Wildman–Crippen MR) is 112 cm³/mol. The summed E-state index contributed by atoms with van der Waals surface area (Å²) in [5.41, 5.74) is 1.99. The van der Waals surface area contributed by atoms with Gasteiger partial charge >= 0.3 is 0 Å². The Hall–Kier alpha value is -2.67. The van der Waals surface area contributed by atoms with E-state index in [1.54, 1.807) is 17.5 Å². The van der Waals surface area contributed by atoms with Gasteiger partial charge in [-0.1, -0.05) is 23.5 Å². The number of thiazole rings is 1. The fourth-order valence-corrected chi connectivity index (χ4v) is 4.41. The van der Waals surface area contributed by atoms with Gasteiger partial charge in [-0.25, -0.2) is 9.97 Å². The molecule has 0 saturated carbocycles. The van der Waals surface area contributed by atoms with Gasteiger partial charge in [0, 0.05) is 25.8 Å². The van der Waals surface area contributed by atoms with Crippen LogP contribution in [-0.2, 0) is 11.3 Å². The van der Waals surface area contributed by atoms with Crippen LogP contribution in [0.5, 0.6) is 5.75 Å². The van der Waals surface area contributed by atoms with Crippen LogP contribution >= 0.6 is 11.3 Å². The molecule has 7 heteroatoms. The van der Waals surface area contributed by atoms with Crippen LogP contribution in [0.2, 0.25) is 0 Å². The lowest BCUT2D eigenvalue weighted by molar-refractivity contribution is -0.125. The van der Waals surface area contributed by atoms with Crippen LogP contribution in [0.4, 0.5) is 5.13 Å². The smallest absolute Gasteiger partial charge is 0.225 e. The van der Waals surface area contributed by atoms with E-state index in [4.69, 9.17) is 4.74 Å². The number of rotatable bonds is 6. The zero-order valence-corrected chi connectivity index (χ0v) is 16.7. The largest absolute Gasteiger partial charge is 0.494 e. The molecule has 0 aliphatic carbocycles. The van der Waals surface area contributed by atoms with Gasteiger partial charge in [0.15, 0.2) is 5.13 Å². The molecule has 3 heterocycles. The molecule has 0 radical (unpaired) electrons. The monoisotopic (exact) mass is 396 g/mol. The maximum atomic E-state index is 12.7. The molecule has 28 heavy (non-hydrogen) atoms. The molecule has 1 fully saturated rings. The van der Waals surface area contributed by atoms with Crippen LogP contribution in [0.1, 0.15) is 25.3 Å². The molecule has 1 saturated heterocycles. The summed E-state index contributed by atoms with van der Waals surface area (Å²) < 4.78 is 5.45. The Morgan fingerprint density at radius 1 is 1.32 bits per heavy atom. The fourth-order valence-electron chi connectivity index (χ4n) is 3.46. The zero-order chi connectivity index (χ0) is 19.3. The summed E-state index contributed by atoms with van der Waals surface area (Å²) in [4.78, 5) is 24.9. The van der Waals surface area contributed by atoms with Crippen LogP contribution < -0.4 is 15.0 Å². The number of nitrogens with zero attached hydrogens (tertiary/aromatic N) is 3. The van der Waals surface area contributed by atoms with Gasteiger partial charge in [0.1, 0.15) is 16.1 Å². The van der Waals surface area contributed by atoms with Crippen LogP contribution in [0.15, 0.2) is 42.6 Å². The summed E-state index contributed by atoms with van der Waals surface area (Å²) in [7, 11) is 0. The number of fused-ring (bicyclic) bond motifs is 1. The average molecular weight is 397 g/mol. The van der Waals surface area contributed by atoms with E-state index in [0.29, 0.717) is 19.7 Å². The summed E-state index contributed by atoms with van der Waals surface area (Å²) in [6.07, 6.45) is 3.69. The molecule has 1 aromatic carbocycles. The first-order valence-electron chi connectivity index (χ1n) is 9.69. The number of aromatic nitrogens is 2. The van der Waals surface area contributed by atoms with E-state index < -0.39 is 0 Å². The van der Waals surface area contributed by atoms with Crippen molar-refractivity contribution in [3.63, 3.8) is 0 Å². The number of amides is 1. The molecule has 0 bridgehead atoms. The maximum Gasteiger partial charge on any atom is 0.225 e. The zero-order valence-electron chi connectivity index (χ0n) is 15.9. The van der Waals surface area contributed by atoms with Gasteiger partial charge < -0.3 is 15.0 Å². The molecule has 1 atom stereocenters. The number of benzene rings is 1. The predicted octanol–water partition coefficient (Wildman–Crippen LogP) is 3.62.